The van der Waals surface area contributed by atoms with Crippen LogP contribution in [0.1, 0.15) is 24.3 Å². The predicted octanol–water partition coefficient (Wildman–Crippen LogP) is 3.20. The van der Waals surface area contributed by atoms with E-state index in [1.807, 2.05) is 0 Å². The van der Waals surface area contributed by atoms with Crippen molar-refractivity contribution in [2.75, 3.05) is 0 Å². The molecule has 0 saturated heterocycles. The standard InChI is InChI=1S/C11H9ClF2O2/c12-7-3-6(8(13)4-9(7)14)10(11(15)16)5-1-2-5/h3-5,10H,1-2H2,(H,15,16). The van der Waals surface area contributed by atoms with Gasteiger partial charge in [0.1, 0.15) is 11.6 Å². The molecule has 0 spiro atoms. The zero-order valence-electron chi connectivity index (χ0n) is 8.21. The van der Waals surface area contributed by atoms with Gasteiger partial charge in [0.25, 0.3) is 0 Å². The van der Waals surface area contributed by atoms with Gasteiger partial charge < -0.3 is 5.11 Å². The number of carbonyl (C=O) groups is 1. The van der Waals surface area contributed by atoms with Crippen LogP contribution in [0.15, 0.2) is 12.1 Å². The zero-order chi connectivity index (χ0) is 11.9. The topological polar surface area (TPSA) is 37.3 Å². The molecule has 0 radical (unpaired) electrons. The first-order chi connectivity index (χ1) is 7.50. The second-order valence-corrected chi connectivity index (χ2v) is 4.35. The van der Waals surface area contributed by atoms with E-state index in [-0.39, 0.29) is 16.5 Å². The van der Waals surface area contributed by atoms with Gasteiger partial charge >= 0.3 is 5.97 Å². The molecule has 0 heterocycles. The van der Waals surface area contributed by atoms with Gasteiger partial charge in [-0.05, 0) is 24.8 Å². The van der Waals surface area contributed by atoms with Gasteiger partial charge in [0.15, 0.2) is 0 Å². The molecule has 0 bridgehead atoms. The second kappa shape index (κ2) is 4.01. The maximum Gasteiger partial charge on any atom is 0.311 e. The monoisotopic (exact) mass is 246 g/mol. The number of hydrogen-bond donors (Lipinski definition) is 1. The maximum atomic E-state index is 13.5. The van der Waals surface area contributed by atoms with E-state index in [2.05, 4.69) is 0 Å². The van der Waals surface area contributed by atoms with E-state index >= 15 is 0 Å². The van der Waals surface area contributed by atoms with Gasteiger partial charge in [0.05, 0.1) is 10.9 Å². The average Bonchev–Trinajstić information content (AvgIpc) is 2.97. The van der Waals surface area contributed by atoms with Gasteiger partial charge in [-0.2, -0.15) is 0 Å². The summed E-state index contributed by atoms with van der Waals surface area (Å²) in [5.74, 6) is -3.79. The molecule has 2 nitrogen and oxygen atoms in total. The number of carboxylic acids is 1. The third kappa shape index (κ3) is 2.02. The third-order valence-electron chi connectivity index (χ3n) is 2.73. The second-order valence-electron chi connectivity index (χ2n) is 3.94. The smallest absolute Gasteiger partial charge is 0.311 e. The summed E-state index contributed by atoms with van der Waals surface area (Å²) in [4.78, 5) is 11.0. The van der Waals surface area contributed by atoms with Crippen LogP contribution in [-0.2, 0) is 4.79 Å². The maximum absolute atomic E-state index is 13.5. The Bertz CT molecular complexity index is 444. The van der Waals surface area contributed by atoms with Crippen molar-refractivity contribution in [2.24, 2.45) is 5.92 Å². The Balaban J connectivity index is 2.44. The molecule has 86 valence electrons. The Morgan fingerprint density at radius 2 is 2.00 bits per heavy atom. The highest BCUT2D eigenvalue weighted by Gasteiger charge is 2.39. The first-order valence-corrected chi connectivity index (χ1v) is 5.25. The lowest BCUT2D eigenvalue weighted by atomic mass is 9.94. The fraction of sp³-hybridized carbons (Fsp3) is 0.364. The summed E-state index contributed by atoms with van der Waals surface area (Å²) < 4.78 is 26.4. The first kappa shape index (κ1) is 11.3. The van der Waals surface area contributed by atoms with Crippen molar-refractivity contribution in [3.63, 3.8) is 0 Å². The highest BCUT2D eigenvalue weighted by atomic mass is 35.5. The van der Waals surface area contributed by atoms with Crippen molar-refractivity contribution in [1.29, 1.82) is 0 Å². The van der Waals surface area contributed by atoms with E-state index in [9.17, 15) is 13.6 Å². The van der Waals surface area contributed by atoms with Crippen molar-refractivity contribution in [3.8, 4) is 0 Å². The molecule has 2 rings (SSSR count). The molecule has 0 aliphatic heterocycles. The molecule has 1 fully saturated rings. The summed E-state index contributed by atoms with van der Waals surface area (Å²) in [5.41, 5.74) is -0.0265. The zero-order valence-corrected chi connectivity index (χ0v) is 8.97. The van der Waals surface area contributed by atoms with E-state index in [0.29, 0.717) is 6.07 Å². The van der Waals surface area contributed by atoms with Crippen LogP contribution in [0.2, 0.25) is 5.02 Å². The lowest BCUT2D eigenvalue weighted by Gasteiger charge is -2.13. The minimum absolute atomic E-state index is 0.0265. The molecular formula is C11H9ClF2O2. The molecular weight excluding hydrogens is 238 g/mol. The van der Waals surface area contributed by atoms with Crippen LogP contribution in [0.3, 0.4) is 0 Å². The van der Waals surface area contributed by atoms with Gasteiger partial charge in [0.2, 0.25) is 0 Å². The molecule has 1 N–H and O–H groups in total. The first-order valence-electron chi connectivity index (χ1n) is 4.88. The summed E-state index contributed by atoms with van der Waals surface area (Å²) >= 11 is 5.53. The Hall–Kier alpha value is -1.16. The van der Waals surface area contributed by atoms with E-state index in [1.165, 1.54) is 0 Å². The number of carboxylic acid groups (broad SMARTS) is 1. The minimum Gasteiger partial charge on any atom is -0.481 e. The van der Waals surface area contributed by atoms with Gasteiger partial charge in [-0.25, -0.2) is 8.78 Å². The highest BCUT2D eigenvalue weighted by molar-refractivity contribution is 6.30. The normalized spacial score (nSPS) is 17.2. The van der Waals surface area contributed by atoms with E-state index in [4.69, 9.17) is 16.7 Å². The summed E-state index contributed by atoms with van der Waals surface area (Å²) in [6.45, 7) is 0. The van der Waals surface area contributed by atoms with Gasteiger partial charge in [-0.1, -0.05) is 11.6 Å². The number of halogens is 3. The highest BCUT2D eigenvalue weighted by Crippen LogP contribution is 2.44. The molecule has 16 heavy (non-hydrogen) atoms. The molecule has 5 heteroatoms. The Kier molecular flexibility index (Phi) is 2.84. The largest absolute Gasteiger partial charge is 0.481 e. The molecule has 0 aromatic heterocycles. The van der Waals surface area contributed by atoms with Crippen molar-refractivity contribution in [2.45, 2.75) is 18.8 Å². The summed E-state index contributed by atoms with van der Waals surface area (Å²) in [6.07, 6.45) is 1.51. The number of rotatable bonds is 3. The molecule has 1 aromatic rings. The Morgan fingerprint density at radius 1 is 1.38 bits per heavy atom. The van der Waals surface area contributed by atoms with Crippen molar-refractivity contribution in [3.05, 3.63) is 34.4 Å². The summed E-state index contributed by atoms with van der Waals surface area (Å²) in [5, 5.41) is 8.77. The number of benzene rings is 1. The molecule has 1 aromatic carbocycles. The lowest BCUT2D eigenvalue weighted by molar-refractivity contribution is -0.139. The van der Waals surface area contributed by atoms with Gasteiger partial charge in [-0.3, -0.25) is 4.79 Å². The van der Waals surface area contributed by atoms with Crippen molar-refractivity contribution in [1.82, 2.24) is 0 Å². The predicted molar refractivity (Wildman–Crippen MR) is 54.5 cm³/mol. The molecule has 1 atom stereocenters. The fourth-order valence-electron chi connectivity index (χ4n) is 1.79. The minimum atomic E-state index is -1.09. The van der Waals surface area contributed by atoms with Crippen LogP contribution in [0.4, 0.5) is 8.78 Å². The summed E-state index contributed by atoms with van der Waals surface area (Å²) in [7, 11) is 0. The molecule has 1 saturated carbocycles. The summed E-state index contributed by atoms with van der Waals surface area (Å²) in [6, 6.07) is 1.71. The van der Waals surface area contributed by atoms with Crippen LogP contribution in [0.25, 0.3) is 0 Å². The quantitative estimate of drug-likeness (QED) is 0.832. The van der Waals surface area contributed by atoms with Crippen LogP contribution in [0.5, 0.6) is 0 Å². The molecule has 1 aliphatic rings. The lowest BCUT2D eigenvalue weighted by Crippen LogP contribution is -2.15. The van der Waals surface area contributed by atoms with Gasteiger partial charge in [0, 0.05) is 11.6 Å². The number of hydrogen-bond acceptors (Lipinski definition) is 1. The Morgan fingerprint density at radius 3 is 2.50 bits per heavy atom. The van der Waals surface area contributed by atoms with Crippen molar-refractivity contribution < 1.29 is 18.7 Å². The SMILES string of the molecule is O=C(O)C(c1cc(Cl)c(F)cc1F)C1CC1. The number of aliphatic carboxylic acids is 1. The van der Waals surface area contributed by atoms with Crippen LogP contribution >= 0.6 is 11.6 Å². The van der Waals surface area contributed by atoms with E-state index < -0.39 is 23.5 Å². The van der Waals surface area contributed by atoms with E-state index in [1.54, 1.807) is 0 Å². The van der Waals surface area contributed by atoms with E-state index in [0.717, 1.165) is 18.9 Å². The molecule has 0 amide bonds. The Labute approximate surface area is 95.8 Å². The molecule has 1 aliphatic carbocycles. The van der Waals surface area contributed by atoms with Crippen LogP contribution < -0.4 is 0 Å². The third-order valence-corrected chi connectivity index (χ3v) is 3.02. The van der Waals surface area contributed by atoms with Crippen molar-refractivity contribution >= 4 is 17.6 Å². The van der Waals surface area contributed by atoms with Crippen LogP contribution in [-0.4, -0.2) is 11.1 Å². The fourth-order valence-corrected chi connectivity index (χ4v) is 1.97. The van der Waals surface area contributed by atoms with Crippen LogP contribution in [0, 0.1) is 17.6 Å². The van der Waals surface area contributed by atoms with Gasteiger partial charge in [-0.15, -0.1) is 0 Å². The molecule has 1 unspecified atom stereocenters. The average molecular weight is 247 g/mol.